The van der Waals surface area contributed by atoms with Crippen molar-refractivity contribution in [2.45, 2.75) is 13.8 Å². The fraction of sp³-hybridized carbons (Fsp3) is 0.0909. The molecule has 0 radical (unpaired) electrons. The maximum atomic E-state index is 13.3. The largest absolute Gasteiger partial charge is 0.382 e. The van der Waals surface area contributed by atoms with E-state index in [-0.39, 0.29) is 5.82 Å². The van der Waals surface area contributed by atoms with Crippen LogP contribution in [0.3, 0.4) is 0 Å². The number of anilines is 1. The van der Waals surface area contributed by atoms with Crippen LogP contribution in [0.25, 0.3) is 38.7 Å². The van der Waals surface area contributed by atoms with Crippen molar-refractivity contribution in [3.05, 3.63) is 71.0 Å². The third-order valence-corrected chi connectivity index (χ3v) is 5.79. The second-order valence-corrected chi connectivity index (χ2v) is 7.90. The molecular weight excluding hydrogens is 399 g/mol. The number of aryl methyl sites for hydroxylation is 2. The van der Waals surface area contributed by atoms with Crippen molar-refractivity contribution in [3.63, 3.8) is 0 Å². The van der Waals surface area contributed by atoms with E-state index >= 15 is 0 Å². The van der Waals surface area contributed by atoms with E-state index in [1.54, 1.807) is 16.6 Å². The molecule has 148 valence electrons. The molecule has 3 aromatic heterocycles. The molecule has 5 rings (SSSR count). The first-order valence-corrected chi connectivity index (χ1v) is 10.2. The molecule has 30 heavy (non-hydrogen) atoms. The van der Waals surface area contributed by atoms with Crippen molar-refractivity contribution in [3.8, 4) is 33.1 Å². The van der Waals surface area contributed by atoms with Crippen LogP contribution in [-0.4, -0.2) is 24.8 Å². The van der Waals surface area contributed by atoms with Gasteiger partial charge in [-0.15, -0.1) is 21.5 Å². The summed E-state index contributed by atoms with van der Waals surface area (Å²) in [5, 5.41) is 15.9. The first-order valence-electron chi connectivity index (χ1n) is 9.31. The Morgan fingerprint density at radius 1 is 0.933 bits per heavy atom. The Bertz CT molecular complexity index is 1370. The number of hydrogen-bond acceptors (Lipinski definition) is 6. The highest BCUT2D eigenvalue weighted by Crippen LogP contribution is 2.33. The number of rotatable bonds is 3. The SMILES string of the molecule is Cc1ccc(-c2csc(-c3nnc4c(-c5ccc(F)cc5)c(C)nn4c3N)n2)cc1. The molecule has 8 heteroatoms. The molecule has 0 aliphatic rings. The highest BCUT2D eigenvalue weighted by atomic mass is 32.1. The van der Waals surface area contributed by atoms with Gasteiger partial charge in [-0.25, -0.2) is 9.37 Å². The number of hydrogen-bond donors (Lipinski definition) is 1. The lowest BCUT2D eigenvalue weighted by atomic mass is 10.1. The zero-order valence-electron chi connectivity index (χ0n) is 16.3. The van der Waals surface area contributed by atoms with Crippen LogP contribution >= 0.6 is 11.3 Å². The van der Waals surface area contributed by atoms with Gasteiger partial charge in [-0.05, 0) is 31.5 Å². The minimum atomic E-state index is -0.297. The summed E-state index contributed by atoms with van der Waals surface area (Å²) in [7, 11) is 0. The second kappa shape index (κ2) is 7.00. The lowest BCUT2D eigenvalue weighted by molar-refractivity contribution is 0.628. The maximum absolute atomic E-state index is 13.3. The molecule has 6 nitrogen and oxygen atoms in total. The molecule has 0 saturated carbocycles. The van der Waals surface area contributed by atoms with E-state index in [0.717, 1.165) is 28.1 Å². The Morgan fingerprint density at radius 3 is 2.37 bits per heavy atom. The highest BCUT2D eigenvalue weighted by molar-refractivity contribution is 7.13. The molecular formula is C22H17FN6S. The van der Waals surface area contributed by atoms with E-state index in [4.69, 9.17) is 10.7 Å². The third kappa shape index (κ3) is 3.02. The van der Waals surface area contributed by atoms with Crippen LogP contribution in [0.15, 0.2) is 53.9 Å². The number of thiazole rings is 1. The maximum Gasteiger partial charge on any atom is 0.187 e. The minimum Gasteiger partial charge on any atom is -0.382 e. The van der Waals surface area contributed by atoms with Crippen molar-refractivity contribution < 1.29 is 4.39 Å². The molecule has 0 bridgehead atoms. The van der Waals surface area contributed by atoms with E-state index in [0.29, 0.717) is 22.2 Å². The Balaban J connectivity index is 1.59. The Hall–Kier alpha value is -3.65. The molecule has 0 fully saturated rings. The van der Waals surface area contributed by atoms with Gasteiger partial charge in [0, 0.05) is 10.9 Å². The predicted octanol–water partition coefficient (Wildman–Crippen LogP) is 4.92. The van der Waals surface area contributed by atoms with Gasteiger partial charge in [0.1, 0.15) is 10.8 Å². The summed E-state index contributed by atoms with van der Waals surface area (Å²) < 4.78 is 14.9. The molecule has 0 atom stereocenters. The van der Waals surface area contributed by atoms with Gasteiger partial charge in [-0.3, -0.25) is 0 Å². The van der Waals surface area contributed by atoms with Gasteiger partial charge in [0.25, 0.3) is 0 Å². The minimum absolute atomic E-state index is 0.297. The van der Waals surface area contributed by atoms with Gasteiger partial charge in [0.05, 0.1) is 17.0 Å². The average Bonchev–Trinajstić information content (AvgIpc) is 3.35. The fourth-order valence-electron chi connectivity index (χ4n) is 3.37. The Kier molecular flexibility index (Phi) is 4.29. The van der Waals surface area contributed by atoms with Crippen molar-refractivity contribution in [2.75, 3.05) is 5.73 Å². The molecule has 3 heterocycles. The summed E-state index contributed by atoms with van der Waals surface area (Å²) in [6.45, 7) is 3.92. The third-order valence-electron chi connectivity index (χ3n) is 4.94. The fourth-order valence-corrected chi connectivity index (χ4v) is 4.19. The standard InChI is InChI=1S/C22H17FN6S/c1-12-3-5-14(6-4-12)17-11-30-22(25-17)19-20(24)29-21(27-26-19)18(13(2)28-29)15-7-9-16(23)10-8-15/h3-11H,24H2,1-2H3. The van der Waals surface area contributed by atoms with Crippen molar-refractivity contribution in [1.82, 2.24) is 24.8 Å². The lowest BCUT2D eigenvalue weighted by Gasteiger charge is -2.04. The molecule has 0 spiro atoms. The van der Waals surface area contributed by atoms with E-state index in [2.05, 4.69) is 27.4 Å². The summed E-state index contributed by atoms with van der Waals surface area (Å²) in [5.41, 5.74) is 12.8. The normalized spacial score (nSPS) is 11.3. The summed E-state index contributed by atoms with van der Waals surface area (Å²) in [4.78, 5) is 4.70. The summed E-state index contributed by atoms with van der Waals surface area (Å²) in [6, 6.07) is 14.4. The molecule has 0 saturated heterocycles. The highest BCUT2D eigenvalue weighted by Gasteiger charge is 2.20. The van der Waals surface area contributed by atoms with Gasteiger partial charge < -0.3 is 5.73 Å². The van der Waals surface area contributed by atoms with Gasteiger partial charge in [-0.2, -0.15) is 9.61 Å². The van der Waals surface area contributed by atoms with Gasteiger partial charge in [0.15, 0.2) is 17.2 Å². The number of fused-ring (bicyclic) bond motifs is 1. The number of aromatic nitrogens is 5. The zero-order valence-corrected chi connectivity index (χ0v) is 17.1. The van der Waals surface area contributed by atoms with Gasteiger partial charge in [-0.1, -0.05) is 42.0 Å². The van der Waals surface area contributed by atoms with Crippen LogP contribution in [0.5, 0.6) is 0 Å². The smallest absolute Gasteiger partial charge is 0.187 e. The first kappa shape index (κ1) is 18.4. The summed E-state index contributed by atoms with van der Waals surface area (Å²) in [6.07, 6.45) is 0. The predicted molar refractivity (Wildman–Crippen MR) is 117 cm³/mol. The van der Waals surface area contributed by atoms with Crippen LogP contribution in [0.1, 0.15) is 11.3 Å². The van der Waals surface area contributed by atoms with Crippen LogP contribution < -0.4 is 5.73 Å². The number of nitrogen functional groups attached to an aromatic ring is 1. The topological polar surface area (TPSA) is 82.0 Å². The molecule has 2 N–H and O–H groups in total. The number of nitrogens with two attached hydrogens (primary N) is 1. The Labute approximate surface area is 175 Å². The van der Waals surface area contributed by atoms with Crippen LogP contribution in [0, 0.1) is 19.7 Å². The second-order valence-electron chi connectivity index (χ2n) is 7.04. The number of halogens is 1. The zero-order chi connectivity index (χ0) is 20.8. The van der Waals surface area contributed by atoms with Crippen molar-refractivity contribution in [1.29, 1.82) is 0 Å². The van der Waals surface area contributed by atoms with E-state index in [1.165, 1.54) is 29.0 Å². The monoisotopic (exact) mass is 416 g/mol. The lowest BCUT2D eigenvalue weighted by Crippen LogP contribution is -2.05. The average molecular weight is 416 g/mol. The van der Waals surface area contributed by atoms with E-state index in [1.807, 2.05) is 31.4 Å². The quantitative estimate of drug-likeness (QED) is 0.451. The van der Waals surface area contributed by atoms with Crippen LogP contribution in [0.4, 0.5) is 10.2 Å². The number of benzene rings is 2. The molecule has 0 aliphatic heterocycles. The van der Waals surface area contributed by atoms with Crippen LogP contribution in [-0.2, 0) is 0 Å². The van der Waals surface area contributed by atoms with Crippen molar-refractivity contribution >= 4 is 22.8 Å². The molecule has 5 aromatic rings. The Morgan fingerprint density at radius 2 is 1.63 bits per heavy atom. The number of nitrogens with zero attached hydrogens (tertiary/aromatic N) is 5. The molecule has 0 amide bonds. The summed E-state index contributed by atoms with van der Waals surface area (Å²) in [5.74, 6) is 0.0650. The molecule has 2 aromatic carbocycles. The molecule has 0 unspecified atom stereocenters. The van der Waals surface area contributed by atoms with Gasteiger partial charge in [0.2, 0.25) is 0 Å². The summed E-state index contributed by atoms with van der Waals surface area (Å²) >= 11 is 1.46. The van der Waals surface area contributed by atoms with E-state index < -0.39 is 0 Å². The van der Waals surface area contributed by atoms with E-state index in [9.17, 15) is 4.39 Å². The van der Waals surface area contributed by atoms with Crippen molar-refractivity contribution in [2.24, 2.45) is 0 Å². The van der Waals surface area contributed by atoms with Crippen LogP contribution in [0.2, 0.25) is 0 Å². The molecule has 0 aliphatic carbocycles. The van der Waals surface area contributed by atoms with Gasteiger partial charge >= 0.3 is 0 Å². The first-order chi connectivity index (χ1) is 14.5.